The summed E-state index contributed by atoms with van der Waals surface area (Å²) in [5, 5.41) is 11.1. The van der Waals surface area contributed by atoms with Gasteiger partial charge < -0.3 is 10.6 Å². The number of hydrogen-bond acceptors (Lipinski definition) is 5. The number of benzene rings is 1. The molecule has 2 amide bonds. The molecular weight excluding hydrogens is 392 g/mol. The Morgan fingerprint density at radius 3 is 2.55 bits per heavy atom. The van der Waals surface area contributed by atoms with Crippen LogP contribution < -0.4 is 10.6 Å². The number of aryl methyl sites for hydroxylation is 3. The number of para-hydroxylation sites is 1. The lowest BCUT2D eigenvalue weighted by Gasteiger charge is -2.12. The second kappa shape index (κ2) is 7.98. The minimum atomic E-state index is -0.344. The summed E-state index contributed by atoms with van der Waals surface area (Å²) in [5.74, 6) is 0.833. The first kappa shape index (κ1) is 20.2. The van der Waals surface area contributed by atoms with Crippen LogP contribution in [0.15, 0.2) is 48.7 Å². The molecule has 4 aromatic rings. The zero-order chi connectivity index (χ0) is 22.1. The first-order chi connectivity index (χ1) is 14.8. The lowest BCUT2D eigenvalue weighted by atomic mass is 10.1. The summed E-state index contributed by atoms with van der Waals surface area (Å²) in [7, 11) is 0. The molecule has 0 aliphatic rings. The van der Waals surface area contributed by atoms with E-state index in [4.69, 9.17) is 4.98 Å². The maximum Gasteiger partial charge on any atom is 0.257 e. The summed E-state index contributed by atoms with van der Waals surface area (Å²) in [4.78, 5) is 33.0. The maximum absolute atomic E-state index is 12.9. The molecule has 156 valence electrons. The van der Waals surface area contributed by atoms with Crippen LogP contribution in [-0.4, -0.2) is 31.6 Å². The molecule has 0 saturated heterocycles. The van der Waals surface area contributed by atoms with Gasteiger partial charge in [0, 0.05) is 30.1 Å². The summed E-state index contributed by atoms with van der Waals surface area (Å²) in [6.07, 6.45) is 1.47. The van der Waals surface area contributed by atoms with Gasteiger partial charge in [0.2, 0.25) is 5.91 Å². The Morgan fingerprint density at radius 2 is 1.77 bits per heavy atom. The Kier molecular flexibility index (Phi) is 5.21. The highest BCUT2D eigenvalue weighted by atomic mass is 16.2. The van der Waals surface area contributed by atoms with Gasteiger partial charge in [-0.25, -0.2) is 9.97 Å². The van der Waals surface area contributed by atoms with Crippen LogP contribution in [0.3, 0.4) is 0 Å². The van der Waals surface area contributed by atoms with E-state index in [1.165, 1.54) is 19.2 Å². The van der Waals surface area contributed by atoms with Crippen molar-refractivity contribution in [3.05, 3.63) is 71.0 Å². The quantitative estimate of drug-likeness (QED) is 0.526. The summed E-state index contributed by atoms with van der Waals surface area (Å²) in [6, 6.07) is 12.9. The number of nitrogens with one attached hydrogen (secondary N) is 2. The Balaban J connectivity index is 1.70. The topological polar surface area (TPSA) is 102 Å². The highest BCUT2D eigenvalue weighted by Gasteiger charge is 2.15. The van der Waals surface area contributed by atoms with Crippen LogP contribution in [0.25, 0.3) is 16.7 Å². The Hall–Kier alpha value is -4.07. The SMILES string of the molecule is CC(=O)Nc1cc(C(=O)Nc2cc(C)nn2-c2cc(C)c3cccc(C)c3n2)ccn1. The number of pyridine rings is 2. The third-order valence-corrected chi connectivity index (χ3v) is 4.85. The van der Waals surface area contributed by atoms with Gasteiger partial charge in [-0.05, 0) is 50.1 Å². The summed E-state index contributed by atoms with van der Waals surface area (Å²) < 4.78 is 1.63. The second-order valence-electron chi connectivity index (χ2n) is 7.42. The second-order valence-corrected chi connectivity index (χ2v) is 7.42. The van der Waals surface area contributed by atoms with Crippen LogP contribution in [0.2, 0.25) is 0 Å². The molecule has 0 aliphatic heterocycles. The number of nitrogens with zero attached hydrogens (tertiary/aromatic N) is 4. The van der Waals surface area contributed by atoms with Crippen LogP contribution in [0.4, 0.5) is 11.6 Å². The monoisotopic (exact) mass is 414 g/mol. The van der Waals surface area contributed by atoms with Crippen molar-refractivity contribution in [2.75, 3.05) is 10.6 Å². The minimum absolute atomic E-state index is 0.258. The van der Waals surface area contributed by atoms with Crippen molar-refractivity contribution in [1.82, 2.24) is 19.7 Å². The van der Waals surface area contributed by atoms with Crippen molar-refractivity contribution in [1.29, 1.82) is 0 Å². The van der Waals surface area contributed by atoms with Crippen LogP contribution in [0.5, 0.6) is 0 Å². The van der Waals surface area contributed by atoms with E-state index < -0.39 is 0 Å². The van der Waals surface area contributed by atoms with Gasteiger partial charge in [0.05, 0.1) is 11.2 Å². The molecule has 0 radical (unpaired) electrons. The largest absolute Gasteiger partial charge is 0.311 e. The molecule has 3 aromatic heterocycles. The molecule has 8 nitrogen and oxygen atoms in total. The van der Waals surface area contributed by atoms with E-state index in [0.29, 0.717) is 23.0 Å². The van der Waals surface area contributed by atoms with E-state index in [0.717, 1.165) is 27.7 Å². The van der Waals surface area contributed by atoms with Crippen LogP contribution >= 0.6 is 0 Å². The van der Waals surface area contributed by atoms with E-state index in [9.17, 15) is 9.59 Å². The van der Waals surface area contributed by atoms with E-state index >= 15 is 0 Å². The van der Waals surface area contributed by atoms with Gasteiger partial charge in [-0.1, -0.05) is 18.2 Å². The number of aromatic nitrogens is 4. The molecule has 31 heavy (non-hydrogen) atoms. The van der Waals surface area contributed by atoms with Gasteiger partial charge in [0.15, 0.2) is 5.82 Å². The molecule has 0 spiro atoms. The zero-order valence-corrected chi connectivity index (χ0v) is 17.7. The fourth-order valence-corrected chi connectivity index (χ4v) is 3.42. The van der Waals surface area contributed by atoms with Crippen molar-refractivity contribution in [3.63, 3.8) is 0 Å². The smallest absolute Gasteiger partial charge is 0.257 e. The molecule has 3 heterocycles. The molecular formula is C23H22N6O2. The molecule has 1 aromatic carbocycles. The third-order valence-electron chi connectivity index (χ3n) is 4.85. The molecule has 0 fully saturated rings. The van der Waals surface area contributed by atoms with E-state index in [1.807, 2.05) is 45.0 Å². The Bertz CT molecular complexity index is 1330. The zero-order valence-electron chi connectivity index (χ0n) is 17.7. The van der Waals surface area contributed by atoms with Crippen LogP contribution in [-0.2, 0) is 4.79 Å². The van der Waals surface area contributed by atoms with Gasteiger partial charge in [-0.3, -0.25) is 9.59 Å². The highest BCUT2D eigenvalue weighted by molar-refractivity contribution is 6.04. The molecule has 0 saturated carbocycles. The number of fused-ring (bicyclic) bond motifs is 1. The predicted octanol–water partition coefficient (Wildman–Crippen LogP) is 3.95. The molecule has 0 aliphatic carbocycles. The van der Waals surface area contributed by atoms with E-state index in [1.54, 1.807) is 16.8 Å². The van der Waals surface area contributed by atoms with Crippen molar-refractivity contribution >= 4 is 34.4 Å². The lowest BCUT2D eigenvalue weighted by Crippen LogP contribution is -2.16. The highest BCUT2D eigenvalue weighted by Crippen LogP contribution is 2.24. The van der Waals surface area contributed by atoms with Gasteiger partial charge in [-0.15, -0.1) is 0 Å². The molecule has 0 bridgehead atoms. The normalized spacial score (nSPS) is 10.8. The van der Waals surface area contributed by atoms with Crippen molar-refractivity contribution < 1.29 is 9.59 Å². The first-order valence-electron chi connectivity index (χ1n) is 9.81. The van der Waals surface area contributed by atoms with Gasteiger partial charge in [0.25, 0.3) is 5.91 Å². The Labute approximate surface area is 179 Å². The number of anilines is 2. The van der Waals surface area contributed by atoms with Gasteiger partial charge in [-0.2, -0.15) is 9.78 Å². The standard InChI is InChI=1S/C23H22N6O2/c1-13-6-5-7-18-14(2)10-20(26-22(13)18)29-21(11-15(3)28-29)27-23(31)17-8-9-24-19(12-17)25-16(4)30/h5-12H,1-4H3,(H,27,31)(H,24,25,30). The summed E-state index contributed by atoms with van der Waals surface area (Å²) >= 11 is 0. The van der Waals surface area contributed by atoms with Crippen molar-refractivity contribution in [2.45, 2.75) is 27.7 Å². The average Bonchev–Trinajstić information content (AvgIpc) is 3.08. The average molecular weight is 414 g/mol. The third kappa shape index (κ3) is 4.13. The molecule has 0 atom stereocenters. The fourth-order valence-electron chi connectivity index (χ4n) is 3.42. The summed E-state index contributed by atoms with van der Waals surface area (Å²) in [5.41, 5.74) is 4.15. The van der Waals surface area contributed by atoms with Crippen LogP contribution in [0.1, 0.15) is 34.1 Å². The van der Waals surface area contributed by atoms with E-state index in [2.05, 4.69) is 20.7 Å². The molecule has 0 unspecified atom stereocenters. The van der Waals surface area contributed by atoms with Crippen molar-refractivity contribution in [3.8, 4) is 5.82 Å². The summed E-state index contributed by atoms with van der Waals surface area (Å²) in [6.45, 7) is 7.29. The van der Waals surface area contributed by atoms with Crippen LogP contribution in [0, 0.1) is 20.8 Å². The number of amides is 2. The predicted molar refractivity (Wildman–Crippen MR) is 120 cm³/mol. The molecule has 8 heteroatoms. The molecule has 4 rings (SSSR count). The van der Waals surface area contributed by atoms with Crippen molar-refractivity contribution in [2.24, 2.45) is 0 Å². The lowest BCUT2D eigenvalue weighted by molar-refractivity contribution is -0.114. The number of rotatable bonds is 4. The Morgan fingerprint density at radius 1 is 0.968 bits per heavy atom. The van der Waals surface area contributed by atoms with Gasteiger partial charge in [0.1, 0.15) is 11.6 Å². The number of carbonyl (C=O) groups excluding carboxylic acids is 2. The molecule has 2 N–H and O–H groups in total. The number of hydrogen-bond donors (Lipinski definition) is 2. The van der Waals surface area contributed by atoms with Gasteiger partial charge >= 0.3 is 0 Å². The number of carbonyl (C=O) groups is 2. The fraction of sp³-hybridized carbons (Fsp3) is 0.174. The van der Waals surface area contributed by atoms with E-state index in [-0.39, 0.29) is 11.8 Å². The maximum atomic E-state index is 12.9. The minimum Gasteiger partial charge on any atom is -0.311 e. The first-order valence-corrected chi connectivity index (χ1v) is 9.81.